The van der Waals surface area contributed by atoms with Crippen molar-refractivity contribution < 1.29 is 9.13 Å². The van der Waals surface area contributed by atoms with Crippen molar-refractivity contribution in [2.24, 2.45) is 0 Å². The van der Waals surface area contributed by atoms with Gasteiger partial charge >= 0.3 is 0 Å². The predicted octanol–water partition coefficient (Wildman–Crippen LogP) is 3.31. The molecule has 3 aromatic rings. The number of thioether (sulfide) groups is 1. The summed E-state index contributed by atoms with van der Waals surface area (Å²) in [6.07, 6.45) is 0. The monoisotopic (exact) mass is 443 g/mol. The number of halogens is 1. The highest BCUT2D eigenvalue weighted by Crippen LogP contribution is 2.24. The van der Waals surface area contributed by atoms with Crippen LogP contribution in [-0.2, 0) is 10.5 Å². The smallest absolute Gasteiger partial charge is 0.258 e. The molecular formula is C22H23FN3O2PS. The normalized spacial score (nSPS) is 14.2. The molecule has 0 aliphatic carbocycles. The number of hydrogen-bond acceptors (Lipinski definition) is 5. The molecule has 30 heavy (non-hydrogen) atoms. The highest BCUT2D eigenvalue weighted by Gasteiger charge is 2.16. The van der Waals surface area contributed by atoms with Gasteiger partial charge in [0.15, 0.2) is 0 Å². The molecular weight excluding hydrogens is 420 g/mol. The molecule has 0 spiro atoms. The van der Waals surface area contributed by atoms with Crippen molar-refractivity contribution in [2.75, 3.05) is 31.2 Å². The van der Waals surface area contributed by atoms with Crippen LogP contribution in [0.15, 0.2) is 58.2 Å². The van der Waals surface area contributed by atoms with E-state index in [-0.39, 0.29) is 11.4 Å². The third kappa shape index (κ3) is 4.75. The van der Waals surface area contributed by atoms with Gasteiger partial charge in [-0.05, 0) is 48.6 Å². The van der Waals surface area contributed by atoms with Crippen molar-refractivity contribution >= 4 is 32.0 Å². The van der Waals surface area contributed by atoms with E-state index < -0.39 is 0 Å². The van der Waals surface area contributed by atoms with E-state index in [4.69, 9.17) is 4.74 Å². The lowest BCUT2D eigenvalue weighted by molar-refractivity contribution is 0.123. The average molecular weight is 443 g/mol. The molecule has 0 radical (unpaired) electrons. The lowest BCUT2D eigenvalue weighted by atomic mass is 10.2. The number of ether oxygens (including phenoxy) is 1. The summed E-state index contributed by atoms with van der Waals surface area (Å²) in [7, 11) is 2.77. The highest BCUT2D eigenvalue weighted by molar-refractivity contribution is 7.98. The van der Waals surface area contributed by atoms with Gasteiger partial charge in [-0.25, -0.2) is 9.37 Å². The fraction of sp³-hybridized carbons (Fsp3) is 0.273. The first-order chi connectivity index (χ1) is 14.5. The summed E-state index contributed by atoms with van der Waals surface area (Å²) in [5.41, 5.74) is 2.43. The van der Waals surface area contributed by atoms with Crippen LogP contribution in [0, 0.1) is 12.7 Å². The van der Waals surface area contributed by atoms with E-state index in [0.29, 0.717) is 30.5 Å². The maximum atomic E-state index is 13.5. The summed E-state index contributed by atoms with van der Waals surface area (Å²) in [6.45, 7) is 4.94. The van der Waals surface area contributed by atoms with Crippen LogP contribution < -0.4 is 15.8 Å². The van der Waals surface area contributed by atoms with Crippen molar-refractivity contribution in [1.29, 1.82) is 0 Å². The Bertz CT molecular complexity index is 1120. The van der Waals surface area contributed by atoms with Crippen molar-refractivity contribution in [3.8, 4) is 5.69 Å². The van der Waals surface area contributed by atoms with Gasteiger partial charge in [-0.2, -0.15) is 0 Å². The second kappa shape index (κ2) is 9.29. The fourth-order valence-electron chi connectivity index (χ4n) is 3.51. The van der Waals surface area contributed by atoms with Crippen molar-refractivity contribution in [2.45, 2.75) is 17.6 Å². The Morgan fingerprint density at radius 2 is 1.97 bits per heavy atom. The molecule has 1 aliphatic heterocycles. The SMILES string of the molecule is Cc1cc(=O)n(-c2ccc(N3CCOCC3)c(P)c2)c(CSc2cccc(F)c2)n1. The molecule has 1 fully saturated rings. The number of morpholine rings is 1. The standard InChI is InChI=1S/C22H23FN3O2PS/c1-15-11-22(27)26(21(24-15)14-30-18-4-2-3-16(23)12-18)17-5-6-19(20(29)13-17)25-7-9-28-10-8-25/h2-6,11-13H,7-10,14,29H2,1H3. The molecule has 2 aromatic carbocycles. The maximum absolute atomic E-state index is 13.5. The molecule has 1 atom stereocenters. The van der Waals surface area contributed by atoms with Crippen molar-refractivity contribution in [1.82, 2.24) is 9.55 Å². The molecule has 0 saturated carbocycles. The first-order valence-corrected chi connectivity index (χ1v) is 11.3. The lowest BCUT2D eigenvalue weighted by Gasteiger charge is -2.30. The van der Waals surface area contributed by atoms with Gasteiger partial charge in [-0.15, -0.1) is 21.0 Å². The van der Waals surface area contributed by atoms with Gasteiger partial charge in [-0.3, -0.25) is 9.36 Å². The van der Waals surface area contributed by atoms with Crippen molar-refractivity contribution in [3.63, 3.8) is 0 Å². The van der Waals surface area contributed by atoms with Gasteiger partial charge < -0.3 is 9.64 Å². The summed E-state index contributed by atoms with van der Waals surface area (Å²) < 4.78 is 20.6. The van der Waals surface area contributed by atoms with Crippen LogP contribution >= 0.6 is 21.0 Å². The number of nitrogens with zero attached hydrogens (tertiary/aromatic N) is 3. The quantitative estimate of drug-likeness (QED) is 0.447. The Labute approximate surface area is 181 Å². The van der Waals surface area contributed by atoms with Crippen LogP contribution in [-0.4, -0.2) is 35.9 Å². The summed E-state index contributed by atoms with van der Waals surface area (Å²) in [5, 5.41) is 1.02. The molecule has 0 bridgehead atoms. The van der Waals surface area contributed by atoms with Gasteiger partial charge in [0.25, 0.3) is 5.56 Å². The topological polar surface area (TPSA) is 47.4 Å². The molecule has 1 aromatic heterocycles. The molecule has 1 unspecified atom stereocenters. The minimum absolute atomic E-state index is 0.124. The Hall–Kier alpha value is -2.21. The molecule has 4 rings (SSSR count). The predicted molar refractivity (Wildman–Crippen MR) is 123 cm³/mol. The zero-order valence-electron chi connectivity index (χ0n) is 16.7. The Balaban J connectivity index is 1.66. The molecule has 5 nitrogen and oxygen atoms in total. The fourth-order valence-corrected chi connectivity index (χ4v) is 4.82. The summed E-state index contributed by atoms with van der Waals surface area (Å²) in [6, 6.07) is 14.0. The first kappa shape index (κ1) is 21.0. The maximum Gasteiger partial charge on any atom is 0.258 e. The molecule has 1 aliphatic rings. The molecule has 2 heterocycles. The lowest BCUT2D eigenvalue weighted by Crippen LogP contribution is -2.38. The minimum Gasteiger partial charge on any atom is -0.378 e. The van der Waals surface area contributed by atoms with Gasteiger partial charge in [0.05, 0.1) is 24.7 Å². The zero-order chi connectivity index (χ0) is 21.1. The Kier molecular flexibility index (Phi) is 6.52. The minimum atomic E-state index is -0.277. The van der Waals surface area contributed by atoms with E-state index in [0.717, 1.165) is 34.7 Å². The third-order valence-corrected chi connectivity index (χ3v) is 6.35. The molecule has 8 heteroatoms. The van der Waals surface area contributed by atoms with Crippen LogP contribution in [0.3, 0.4) is 0 Å². The Morgan fingerprint density at radius 3 is 2.70 bits per heavy atom. The van der Waals surface area contributed by atoms with Gasteiger partial charge in [0.2, 0.25) is 0 Å². The van der Waals surface area contributed by atoms with E-state index in [1.165, 1.54) is 30.0 Å². The molecule has 1 saturated heterocycles. The van der Waals surface area contributed by atoms with Gasteiger partial charge in [0, 0.05) is 35.4 Å². The number of benzene rings is 2. The van der Waals surface area contributed by atoms with E-state index in [1.54, 1.807) is 10.6 Å². The molecule has 0 amide bonds. The van der Waals surface area contributed by atoms with E-state index in [2.05, 4.69) is 19.1 Å². The number of aryl methyl sites for hydroxylation is 1. The van der Waals surface area contributed by atoms with Crippen LogP contribution in [0.2, 0.25) is 0 Å². The number of anilines is 1. The number of aromatic nitrogens is 2. The van der Waals surface area contributed by atoms with Gasteiger partial charge in [-0.1, -0.05) is 6.07 Å². The molecule has 0 N–H and O–H groups in total. The summed E-state index contributed by atoms with van der Waals surface area (Å²) >= 11 is 1.45. The van der Waals surface area contributed by atoms with Crippen LogP contribution in [0.25, 0.3) is 5.69 Å². The average Bonchev–Trinajstić information content (AvgIpc) is 2.72. The second-order valence-electron chi connectivity index (χ2n) is 7.08. The van der Waals surface area contributed by atoms with E-state index >= 15 is 0 Å². The molecule has 156 valence electrons. The number of rotatable bonds is 5. The van der Waals surface area contributed by atoms with Crippen LogP contribution in [0.1, 0.15) is 11.5 Å². The third-order valence-electron chi connectivity index (χ3n) is 4.90. The van der Waals surface area contributed by atoms with Crippen molar-refractivity contribution in [3.05, 3.63) is 76.2 Å². The largest absolute Gasteiger partial charge is 0.378 e. The van der Waals surface area contributed by atoms with Gasteiger partial charge in [0.1, 0.15) is 11.6 Å². The van der Waals surface area contributed by atoms with E-state index in [1.807, 2.05) is 31.2 Å². The van der Waals surface area contributed by atoms with E-state index in [9.17, 15) is 9.18 Å². The highest BCUT2D eigenvalue weighted by atomic mass is 32.2. The first-order valence-electron chi connectivity index (χ1n) is 9.72. The van der Waals surface area contributed by atoms with Crippen LogP contribution in [0.4, 0.5) is 10.1 Å². The number of hydrogen-bond donors (Lipinski definition) is 0. The summed E-state index contributed by atoms with van der Waals surface area (Å²) in [5.74, 6) is 0.816. The zero-order valence-corrected chi connectivity index (χ0v) is 18.6. The Morgan fingerprint density at radius 1 is 1.17 bits per heavy atom. The summed E-state index contributed by atoms with van der Waals surface area (Å²) in [4.78, 5) is 20.5. The van der Waals surface area contributed by atoms with Crippen LogP contribution in [0.5, 0.6) is 0 Å². The second-order valence-corrected chi connectivity index (χ2v) is 8.75.